The quantitative estimate of drug-likeness (QED) is 0.908. The SMILES string of the molecule is NCC1CCCN(C(=O)c2ccc(C(F)(F)F)cc2)C1. The van der Waals surface area contributed by atoms with Gasteiger partial charge < -0.3 is 10.6 Å². The van der Waals surface area contributed by atoms with Gasteiger partial charge in [0.05, 0.1) is 5.56 Å². The van der Waals surface area contributed by atoms with E-state index < -0.39 is 11.7 Å². The molecule has 2 rings (SSSR count). The van der Waals surface area contributed by atoms with E-state index in [2.05, 4.69) is 0 Å². The molecule has 1 atom stereocenters. The summed E-state index contributed by atoms with van der Waals surface area (Å²) in [5.74, 6) is 0.0547. The smallest absolute Gasteiger partial charge is 0.338 e. The van der Waals surface area contributed by atoms with E-state index in [1.54, 1.807) is 4.90 Å². The van der Waals surface area contributed by atoms with Crippen LogP contribution in [0.5, 0.6) is 0 Å². The molecule has 1 aromatic carbocycles. The molecule has 20 heavy (non-hydrogen) atoms. The van der Waals surface area contributed by atoms with Crippen LogP contribution in [0.25, 0.3) is 0 Å². The first kappa shape index (κ1) is 14.8. The Balaban J connectivity index is 2.09. The van der Waals surface area contributed by atoms with E-state index in [-0.39, 0.29) is 17.4 Å². The predicted octanol–water partition coefficient (Wildman–Crippen LogP) is 2.52. The highest BCUT2D eigenvalue weighted by molar-refractivity contribution is 5.94. The van der Waals surface area contributed by atoms with Gasteiger partial charge in [0.15, 0.2) is 0 Å². The first-order valence-electron chi connectivity index (χ1n) is 6.58. The fourth-order valence-corrected chi connectivity index (χ4v) is 2.43. The molecule has 1 fully saturated rings. The van der Waals surface area contributed by atoms with Gasteiger partial charge in [0.25, 0.3) is 5.91 Å². The molecule has 1 saturated heterocycles. The van der Waals surface area contributed by atoms with Gasteiger partial charge in [-0.05, 0) is 49.6 Å². The second-order valence-corrected chi connectivity index (χ2v) is 5.07. The molecule has 0 aromatic heterocycles. The zero-order valence-corrected chi connectivity index (χ0v) is 11.0. The third-order valence-corrected chi connectivity index (χ3v) is 3.60. The van der Waals surface area contributed by atoms with Crippen LogP contribution < -0.4 is 5.73 Å². The highest BCUT2D eigenvalue weighted by Crippen LogP contribution is 2.29. The van der Waals surface area contributed by atoms with E-state index >= 15 is 0 Å². The van der Waals surface area contributed by atoms with Crippen LogP contribution in [0.15, 0.2) is 24.3 Å². The van der Waals surface area contributed by atoms with Crippen molar-refractivity contribution in [3.63, 3.8) is 0 Å². The average molecular weight is 286 g/mol. The van der Waals surface area contributed by atoms with Crippen molar-refractivity contribution in [2.24, 2.45) is 11.7 Å². The van der Waals surface area contributed by atoms with E-state index in [0.717, 1.165) is 25.0 Å². The highest BCUT2D eigenvalue weighted by atomic mass is 19.4. The molecule has 1 heterocycles. The molecule has 0 aliphatic carbocycles. The fraction of sp³-hybridized carbons (Fsp3) is 0.500. The van der Waals surface area contributed by atoms with Gasteiger partial charge in [0, 0.05) is 18.7 Å². The lowest BCUT2D eigenvalue weighted by Crippen LogP contribution is -2.42. The maximum absolute atomic E-state index is 12.5. The van der Waals surface area contributed by atoms with Gasteiger partial charge in [-0.2, -0.15) is 13.2 Å². The number of carbonyl (C=O) groups is 1. The number of nitrogens with zero attached hydrogens (tertiary/aromatic N) is 1. The Morgan fingerprint density at radius 1 is 1.30 bits per heavy atom. The van der Waals surface area contributed by atoms with Crippen molar-refractivity contribution < 1.29 is 18.0 Å². The van der Waals surface area contributed by atoms with Crippen LogP contribution in [0.4, 0.5) is 13.2 Å². The van der Waals surface area contributed by atoms with Crippen molar-refractivity contribution in [2.45, 2.75) is 19.0 Å². The second kappa shape index (κ2) is 5.83. The molecule has 110 valence electrons. The number of halogens is 3. The summed E-state index contributed by atoms with van der Waals surface area (Å²) in [6, 6.07) is 4.35. The maximum atomic E-state index is 12.5. The van der Waals surface area contributed by atoms with Crippen LogP contribution in [0.1, 0.15) is 28.8 Å². The number of hydrogen-bond donors (Lipinski definition) is 1. The summed E-state index contributed by atoms with van der Waals surface area (Å²) in [4.78, 5) is 13.9. The molecular weight excluding hydrogens is 269 g/mol. The molecule has 1 aliphatic heterocycles. The van der Waals surface area contributed by atoms with Crippen molar-refractivity contribution >= 4 is 5.91 Å². The molecule has 2 N–H and O–H groups in total. The molecule has 1 unspecified atom stereocenters. The number of piperidine rings is 1. The Kier molecular flexibility index (Phi) is 4.32. The van der Waals surface area contributed by atoms with Gasteiger partial charge in [-0.1, -0.05) is 0 Å². The molecule has 0 spiro atoms. The van der Waals surface area contributed by atoms with Gasteiger partial charge in [0.1, 0.15) is 0 Å². The first-order valence-corrected chi connectivity index (χ1v) is 6.58. The summed E-state index contributed by atoms with van der Waals surface area (Å²) in [5.41, 5.74) is 5.15. The Morgan fingerprint density at radius 3 is 2.50 bits per heavy atom. The third-order valence-electron chi connectivity index (χ3n) is 3.60. The molecule has 3 nitrogen and oxygen atoms in total. The summed E-state index contributed by atoms with van der Waals surface area (Å²) in [6.07, 6.45) is -2.50. The minimum absolute atomic E-state index is 0.225. The number of rotatable bonds is 2. The van der Waals surface area contributed by atoms with E-state index in [9.17, 15) is 18.0 Å². The zero-order valence-electron chi connectivity index (χ0n) is 11.0. The minimum atomic E-state index is -4.38. The topological polar surface area (TPSA) is 46.3 Å². The lowest BCUT2D eigenvalue weighted by Gasteiger charge is -2.32. The van der Waals surface area contributed by atoms with E-state index in [1.165, 1.54) is 12.1 Å². The Hall–Kier alpha value is -1.56. The Bertz CT molecular complexity index is 470. The summed E-state index contributed by atoms with van der Waals surface area (Å²) >= 11 is 0. The summed E-state index contributed by atoms with van der Waals surface area (Å²) < 4.78 is 37.4. The van der Waals surface area contributed by atoms with Crippen molar-refractivity contribution in [1.82, 2.24) is 4.90 Å². The molecule has 0 radical (unpaired) electrons. The molecule has 6 heteroatoms. The Morgan fingerprint density at radius 2 is 1.95 bits per heavy atom. The van der Waals surface area contributed by atoms with Crippen LogP contribution >= 0.6 is 0 Å². The van der Waals surface area contributed by atoms with Gasteiger partial charge >= 0.3 is 6.18 Å². The summed E-state index contributed by atoms with van der Waals surface area (Å²) in [6.45, 7) is 1.74. The number of hydrogen-bond acceptors (Lipinski definition) is 2. The normalized spacial score (nSPS) is 20.0. The van der Waals surface area contributed by atoms with E-state index in [4.69, 9.17) is 5.73 Å². The lowest BCUT2D eigenvalue weighted by atomic mass is 9.97. The lowest BCUT2D eigenvalue weighted by molar-refractivity contribution is -0.137. The van der Waals surface area contributed by atoms with Crippen LogP contribution in [0.3, 0.4) is 0 Å². The largest absolute Gasteiger partial charge is 0.416 e. The Labute approximate surface area is 115 Å². The van der Waals surface area contributed by atoms with Gasteiger partial charge in [-0.25, -0.2) is 0 Å². The number of benzene rings is 1. The molecule has 1 amide bonds. The average Bonchev–Trinajstić information content (AvgIpc) is 2.46. The molecule has 0 bridgehead atoms. The monoisotopic (exact) mass is 286 g/mol. The minimum Gasteiger partial charge on any atom is -0.338 e. The molecule has 1 aliphatic rings. The van der Waals surface area contributed by atoms with E-state index in [1.807, 2.05) is 0 Å². The number of amides is 1. The van der Waals surface area contributed by atoms with Crippen LogP contribution in [-0.4, -0.2) is 30.4 Å². The molecule has 0 saturated carbocycles. The van der Waals surface area contributed by atoms with E-state index in [0.29, 0.717) is 19.6 Å². The number of carbonyl (C=O) groups excluding carboxylic acids is 1. The van der Waals surface area contributed by atoms with Gasteiger partial charge in [-0.15, -0.1) is 0 Å². The van der Waals surface area contributed by atoms with Crippen LogP contribution in [-0.2, 0) is 6.18 Å². The maximum Gasteiger partial charge on any atom is 0.416 e. The summed E-state index contributed by atoms with van der Waals surface area (Å²) in [7, 11) is 0. The number of nitrogens with two attached hydrogens (primary N) is 1. The van der Waals surface area contributed by atoms with Crippen molar-refractivity contribution in [1.29, 1.82) is 0 Å². The summed E-state index contributed by atoms with van der Waals surface area (Å²) in [5, 5.41) is 0. The third kappa shape index (κ3) is 3.30. The number of likely N-dealkylation sites (tertiary alicyclic amines) is 1. The van der Waals surface area contributed by atoms with Crippen molar-refractivity contribution in [3.8, 4) is 0 Å². The van der Waals surface area contributed by atoms with Gasteiger partial charge in [-0.3, -0.25) is 4.79 Å². The van der Waals surface area contributed by atoms with Crippen molar-refractivity contribution in [2.75, 3.05) is 19.6 Å². The van der Waals surface area contributed by atoms with Crippen LogP contribution in [0.2, 0.25) is 0 Å². The second-order valence-electron chi connectivity index (χ2n) is 5.07. The molecule has 1 aromatic rings. The van der Waals surface area contributed by atoms with Crippen molar-refractivity contribution in [3.05, 3.63) is 35.4 Å². The van der Waals surface area contributed by atoms with Crippen LogP contribution in [0, 0.1) is 5.92 Å². The molecular formula is C14H17F3N2O. The van der Waals surface area contributed by atoms with Gasteiger partial charge in [0.2, 0.25) is 0 Å². The predicted molar refractivity (Wildman–Crippen MR) is 69.1 cm³/mol. The standard InChI is InChI=1S/C14H17F3N2O/c15-14(16,17)12-5-3-11(4-6-12)13(20)19-7-1-2-10(8-18)9-19/h3-6,10H,1-2,7-9,18H2. The number of alkyl halides is 3. The fourth-order valence-electron chi connectivity index (χ4n) is 2.43. The zero-order chi connectivity index (χ0) is 14.8. The highest BCUT2D eigenvalue weighted by Gasteiger charge is 2.30. The first-order chi connectivity index (χ1) is 9.41.